The lowest BCUT2D eigenvalue weighted by molar-refractivity contribution is 0.102. The van der Waals surface area contributed by atoms with E-state index in [1.54, 1.807) is 0 Å². The summed E-state index contributed by atoms with van der Waals surface area (Å²) in [4.78, 5) is 11.6. The largest absolute Gasteiger partial charge is 0.316 e. The number of hydrogen-bond acceptors (Lipinski definition) is 3. The van der Waals surface area contributed by atoms with E-state index in [-0.39, 0.29) is 10.8 Å². The lowest BCUT2D eigenvalue weighted by Gasteiger charge is -2.06. The molecule has 0 saturated heterocycles. The maximum absolute atomic E-state index is 13.3. The van der Waals surface area contributed by atoms with E-state index in [0.29, 0.717) is 12.1 Å². The third kappa shape index (κ3) is 3.00. The van der Waals surface area contributed by atoms with Gasteiger partial charge in [-0.3, -0.25) is 4.79 Å². The van der Waals surface area contributed by atoms with E-state index in [1.165, 1.54) is 12.1 Å². The topological polar surface area (TPSA) is 54.9 Å². The van der Waals surface area contributed by atoms with Crippen LogP contribution in [-0.4, -0.2) is 16.1 Å². The summed E-state index contributed by atoms with van der Waals surface area (Å²) < 4.78 is 39.3. The molecule has 1 heterocycles. The van der Waals surface area contributed by atoms with Gasteiger partial charge in [0.15, 0.2) is 22.5 Å². The summed E-state index contributed by atoms with van der Waals surface area (Å²) in [5.41, 5.74) is -0.948. The van der Waals surface area contributed by atoms with Crippen LogP contribution in [0, 0.1) is 17.5 Å². The number of aromatic nitrogens is 2. The molecule has 1 amide bonds. The van der Waals surface area contributed by atoms with E-state index in [1.807, 2.05) is 5.32 Å². The van der Waals surface area contributed by atoms with Crippen LogP contribution in [0.25, 0.3) is 0 Å². The molecule has 8 heteroatoms. The second-order valence-corrected chi connectivity index (χ2v) is 3.83. The summed E-state index contributed by atoms with van der Waals surface area (Å²) in [5, 5.41) is 8.85. The van der Waals surface area contributed by atoms with E-state index in [2.05, 4.69) is 10.2 Å². The van der Waals surface area contributed by atoms with Crippen LogP contribution in [0.2, 0.25) is 5.15 Å². The second-order valence-electron chi connectivity index (χ2n) is 3.44. The molecule has 1 aromatic heterocycles. The molecule has 98 valence electrons. The predicted molar refractivity (Wildman–Crippen MR) is 61.3 cm³/mol. The van der Waals surface area contributed by atoms with Crippen LogP contribution in [0.1, 0.15) is 10.5 Å². The number of amides is 1. The van der Waals surface area contributed by atoms with Gasteiger partial charge in [0, 0.05) is 12.1 Å². The molecule has 0 saturated carbocycles. The molecule has 1 N–H and O–H groups in total. The van der Waals surface area contributed by atoms with E-state index in [9.17, 15) is 18.0 Å². The zero-order valence-electron chi connectivity index (χ0n) is 9.12. The number of nitrogens with one attached hydrogen (secondary N) is 1. The normalized spacial score (nSPS) is 10.3. The number of benzene rings is 1. The molecule has 0 bridgehead atoms. The molecular formula is C11H5ClF3N3O. The minimum absolute atomic E-state index is 0.0655. The first-order valence-electron chi connectivity index (χ1n) is 4.92. The van der Waals surface area contributed by atoms with Crippen molar-refractivity contribution < 1.29 is 18.0 Å². The smallest absolute Gasteiger partial charge is 0.276 e. The van der Waals surface area contributed by atoms with Crippen molar-refractivity contribution in [2.75, 3.05) is 5.32 Å². The van der Waals surface area contributed by atoms with Gasteiger partial charge < -0.3 is 5.32 Å². The fourth-order valence-electron chi connectivity index (χ4n) is 1.28. The molecule has 4 nitrogen and oxygen atoms in total. The second kappa shape index (κ2) is 5.23. The molecule has 0 aliphatic heterocycles. The van der Waals surface area contributed by atoms with Crippen LogP contribution < -0.4 is 5.32 Å². The highest BCUT2D eigenvalue weighted by Crippen LogP contribution is 2.20. The molecule has 0 atom stereocenters. The number of nitrogens with zero attached hydrogens (tertiary/aromatic N) is 2. The molecular weight excluding hydrogens is 283 g/mol. The van der Waals surface area contributed by atoms with E-state index in [4.69, 9.17) is 11.6 Å². The van der Waals surface area contributed by atoms with Crippen LogP contribution in [0.5, 0.6) is 0 Å². The zero-order valence-corrected chi connectivity index (χ0v) is 9.88. The van der Waals surface area contributed by atoms with Crippen molar-refractivity contribution in [1.29, 1.82) is 0 Å². The number of halogens is 4. The number of hydrogen-bond donors (Lipinski definition) is 1. The minimum atomic E-state index is -1.23. The number of rotatable bonds is 2. The summed E-state index contributed by atoms with van der Waals surface area (Å²) in [5.74, 6) is -4.44. The van der Waals surface area contributed by atoms with Gasteiger partial charge in [0.05, 0.1) is 0 Å². The predicted octanol–water partition coefficient (Wildman–Crippen LogP) is 2.80. The summed E-state index contributed by atoms with van der Waals surface area (Å²) in [6.45, 7) is 0. The van der Waals surface area contributed by atoms with Crippen LogP contribution in [-0.2, 0) is 0 Å². The fraction of sp³-hybridized carbons (Fsp3) is 0. The van der Waals surface area contributed by atoms with Crippen LogP contribution in [0.3, 0.4) is 0 Å². The zero-order chi connectivity index (χ0) is 14.0. The lowest BCUT2D eigenvalue weighted by atomic mass is 10.2. The quantitative estimate of drug-likeness (QED) is 0.924. The monoisotopic (exact) mass is 287 g/mol. The lowest BCUT2D eigenvalue weighted by Crippen LogP contribution is -2.16. The summed E-state index contributed by atoms with van der Waals surface area (Å²) in [7, 11) is 0. The van der Waals surface area contributed by atoms with Crippen LogP contribution in [0.15, 0.2) is 24.3 Å². The van der Waals surface area contributed by atoms with E-state index < -0.39 is 29.0 Å². The first kappa shape index (κ1) is 13.3. The van der Waals surface area contributed by atoms with Crippen molar-refractivity contribution in [1.82, 2.24) is 10.2 Å². The highest BCUT2D eigenvalue weighted by molar-refractivity contribution is 6.29. The Bertz CT molecular complexity index is 611. The number of carbonyl (C=O) groups excluding carboxylic acids is 1. The number of anilines is 1. The van der Waals surface area contributed by atoms with E-state index >= 15 is 0 Å². The van der Waals surface area contributed by atoms with Gasteiger partial charge in [0.1, 0.15) is 11.5 Å². The summed E-state index contributed by atoms with van der Waals surface area (Å²) in [6.07, 6.45) is 0. The Labute approximate surface area is 110 Å². The molecule has 0 fully saturated rings. The molecule has 0 aliphatic carbocycles. The molecule has 19 heavy (non-hydrogen) atoms. The highest BCUT2D eigenvalue weighted by atomic mass is 35.5. The van der Waals surface area contributed by atoms with Gasteiger partial charge in [0.2, 0.25) is 0 Å². The molecule has 0 aliphatic rings. The average Bonchev–Trinajstić information content (AvgIpc) is 2.34. The standard InChI is InChI=1S/C11H5ClF3N3O/c12-9-2-1-8(17-18-9)11(19)16-10-6(14)3-5(13)4-7(10)15/h1-4H,(H,16,19). The SMILES string of the molecule is O=C(Nc1c(F)cc(F)cc1F)c1ccc(Cl)nn1. The summed E-state index contributed by atoms with van der Waals surface area (Å²) in [6, 6.07) is 3.42. The van der Waals surface area contributed by atoms with Crippen molar-refractivity contribution in [2.24, 2.45) is 0 Å². The Balaban J connectivity index is 2.26. The minimum Gasteiger partial charge on any atom is -0.316 e. The average molecular weight is 288 g/mol. The Morgan fingerprint density at radius 1 is 1.11 bits per heavy atom. The van der Waals surface area contributed by atoms with Crippen LogP contribution >= 0.6 is 11.6 Å². The van der Waals surface area contributed by atoms with Gasteiger partial charge >= 0.3 is 0 Å². The molecule has 1 aromatic carbocycles. The fourth-order valence-corrected chi connectivity index (χ4v) is 1.38. The molecule has 2 aromatic rings. The van der Waals surface area contributed by atoms with E-state index in [0.717, 1.165) is 0 Å². The first-order chi connectivity index (χ1) is 8.97. The Morgan fingerprint density at radius 3 is 2.26 bits per heavy atom. The highest BCUT2D eigenvalue weighted by Gasteiger charge is 2.16. The first-order valence-corrected chi connectivity index (χ1v) is 5.30. The third-order valence-corrected chi connectivity index (χ3v) is 2.31. The van der Waals surface area contributed by atoms with Gasteiger partial charge in [0.25, 0.3) is 5.91 Å². The number of carbonyl (C=O) groups is 1. The van der Waals surface area contributed by atoms with Gasteiger partial charge in [-0.2, -0.15) is 0 Å². The van der Waals surface area contributed by atoms with Crippen molar-refractivity contribution >= 4 is 23.2 Å². The van der Waals surface area contributed by atoms with Gasteiger partial charge in [-0.15, -0.1) is 10.2 Å². The summed E-state index contributed by atoms with van der Waals surface area (Å²) >= 11 is 5.48. The molecule has 2 rings (SSSR count). The molecule has 0 unspecified atom stereocenters. The van der Waals surface area contributed by atoms with Crippen molar-refractivity contribution in [2.45, 2.75) is 0 Å². The maximum Gasteiger partial charge on any atom is 0.276 e. The Kier molecular flexibility index (Phi) is 3.66. The van der Waals surface area contributed by atoms with Gasteiger partial charge in [-0.25, -0.2) is 13.2 Å². The Hall–Kier alpha value is -2.15. The van der Waals surface area contributed by atoms with Crippen molar-refractivity contribution in [3.05, 3.63) is 52.6 Å². The maximum atomic E-state index is 13.3. The van der Waals surface area contributed by atoms with Gasteiger partial charge in [-0.1, -0.05) is 11.6 Å². The Morgan fingerprint density at radius 2 is 1.74 bits per heavy atom. The molecule has 0 spiro atoms. The van der Waals surface area contributed by atoms with Crippen molar-refractivity contribution in [3.63, 3.8) is 0 Å². The van der Waals surface area contributed by atoms with Crippen molar-refractivity contribution in [3.8, 4) is 0 Å². The molecule has 0 radical (unpaired) electrons. The third-order valence-electron chi connectivity index (χ3n) is 2.11. The van der Waals surface area contributed by atoms with Gasteiger partial charge in [-0.05, 0) is 12.1 Å². The van der Waals surface area contributed by atoms with Crippen LogP contribution in [0.4, 0.5) is 18.9 Å².